The van der Waals surface area contributed by atoms with Crippen molar-refractivity contribution in [2.45, 2.75) is 25.8 Å². The molecule has 2 N–H and O–H groups in total. The van der Waals surface area contributed by atoms with E-state index in [2.05, 4.69) is 26.6 Å². The van der Waals surface area contributed by atoms with Crippen molar-refractivity contribution in [1.29, 1.82) is 0 Å². The number of hydrogen-bond donors (Lipinski definition) is 2. The van der Waals surface area contributed by atoms with E-state index in [0.29, 0.717) is 24.1 Å². The molecule has 3 aromatic rings. The van der Waals surface area contributed by atoms with Crippen molar-refractivity contribution >= 4 is 33.4 Å². The molecule has 0 aliphatic rings. The van der Waals surface area contributed by atoms with Crippen LogP contribution in [0.4, 0.5) is 10.1 Å². The second kappa shape index (κ2) is 10.9. The molecular weight excluding hydrogens is 475 g/mol. The molecule has 0 bridgehead atoms. The summed E-state index contributed by atoms with van der Waals surface area (Å²) in [6.45, 7) is 1.91. The molecule has 32 heavy (non-hydrogen) atoms. The number of halogens is 2. The minimum absolute atomic E-state index is 0.0434. The molecule has 3 rings (SSSR count). The van der Waals surface area contributed by atoms with Crippen molar-refractivity contribution in [1.82, 2.24) is 5.32 Å². The molecule has 5 nitrogen and oxygen atoms in total. The molecule has 3 aromatic carbocycles. The Balaban J connectivity index is 1.51. The maximum atomic E-state index is 13.0. The first-order valence-electron chi connectivity index (χ1n) is 10.1. The molecule has 0 saturated carbocycles. The number of carbonyl (C=O) groups excluding carboxylic acids is 2. The van der Waals surface area contributed by atoms with E-state index in [0.717, 1.165) is 21.3 Å². The minimum atomic E-state index is -0.390. The third kappa shape index (κ3) is 6.40. The first kappa shape index (κ1) is 23.5. The number of aryl methyl sites for hydroxylation is 1. The van der Waals surface area contributed by atoms with Gasteiger partial charge in [-0.3, -0.25) is 9.59 Å². The van der Waals surface area contributed by atoms with Gasteiger partial charge in [0.15, 0.2) is 0 Å². The number of anilines is 1. The van der Waals surface area contributed by atoms with E-state index in [4.69, 9.17) is 4.74 Å². The van der Waals surface area contributed by atoms with Crippen molar-refractivity contribution in [2.24, 2.45) is 0 Å². The summed E-state index contributed by atoms with van der Waals surface area (Å²) in [6, 6.07) is 18.2. The lowest BCUT2D eigenvalue weighted by atomic mass is 10.1. The highest BCUT2D eigenvalue weighted by Crippen LogP contribution is 2.26. The second-order valence-electron chi connectivity index (χ2n) is 7.34. The van der Waals surface area contributed by atoms with E-state index in [1.54, 1.807) is 19.2 Å². The first-order chi connectivity index (χ1) is 15.4. The monoisotopic (exact) mass is 498 g/mol. The molecule has 1 unspecified atom stereocenters. The van der Waals surface area contributed by atoms with Gasteiger partial charge in [-0.15, -0.1) is 0 Å². The highest BCUT2D eigenvalue weighted by molar-refractivity contribution is 9.10. The molecule has 0 aliphatic heterocycles. The summed E-state index contributed by atoms with van der Waals surface area (Å²) in [6.07, 6.45) is 0.990. The van der Waals surface area contributed by atoms with Crippen LogP contribution in [-0.4, -0.2) is 18.9 Å². The van der Waals surface area contributed by atoms with Gasteiger partial charge in [0.05, 0.1) is 17.6 Å². The molecular formula is C25H24BrFN2O3. The zero-order valence-corrected chi connectivity index (χ0v) is 19.4. The van der Waals surface area contributed by atoms with Gasteiger partial charge in [-0.1, -0.05) is 18.2 Å². The highest BCUT2D eigenvalue weighted by Gasteiger charge is 2.11. The van der Waals surface area contributed by atoms with E-state index < -0.39 is 0 Å². The first-order valence-corrected chi connectivity index (χ1v) is 10.9. The van der Waals surface area contributed by atoms with E-state index in [-0.39, 0.29) is 23.7 Å². The van der Waals surface area contributed by atoms with Crippen LogP contribution < -0.4 is 15.4 Å². The Morgan fingerprint density at radius 3 is 2.34 bits per heavy atom. The lowest BCUT2D eigenvalue weighted by molar-refractivity contribution is -0.121. The number of hydrogen-bond acceptors (Lipinski definition) is 3. The van der Waals surface area contributed by atoms with Gasteiger partial charge in [0.1, 0.15) is 11.6 Å². The molecule has 166 valence electrons. The number of ether oxygens (including phenoxy) is 1. The second-order valence-corrected chi connectivity index (χ2v) is 8.20. The lowest BCUT2D eigenvalue weighted by Crippen LogP contribution is -2.26. The summed E-state index contributed by atoms with van der Waals surface area (Å²) in [5.41, 5.74) is 2.96. The minimum Gasteiger partial charge on any atom is -0.496 e. The van der Waals surface area contributed by atoms with Crippen molar-refractivity contribution in [3.8, 4) is 5.75 Å². The van der Waals surface area contributed by atoms with Crippen LogP contribution >= 0.6 is 15.9 Å². The van der Waals surface area contributed by atoms with Crippen LogP contribution in [0.2, 0.25) is 0 Å². The molecule has 2 amide bonds. The number of amides is 2. The highest BCUT2D eigenvalue weighted by atomic mass is 79.9. The lowest BCUT2D eigenvalue weighted by Gasteiger charge is -2.15. The van der Waals surface area contributed by atoms with Gasteiger partial charge < -0.3 is 15.4 Å². The quantitative estimate of drug-likeness (QED) is 0.421. The fraction of sp³-hybridized carbons (Fsp3) is 0.200. The van der Waals surface area contributed by atoms with Crippen molar-refractivity contribution in [2.75, 3.05) is 12.4 Å². The zero-order valence-electron chi connectivity index (χ0n) is 17.8. The van der Waals surface area contributed by atoms with Gasteiger partial charge in [0.25, 0.3) is 5.91 Å². The number of carbonyl (C=O) groups is 2. The normalized spacial score (nSPS) is 11.5. The summed E-state index contributed by atoms with van der Waals surface area (Å²) >= 11 is 3.46. The Morgan fingerprint density at radius 1 is 1.03 bits per heavy atom. The number of benzene rings is 3. The summed E-state index contributed by atoms with van der Waals surface area (Å²) in [5, 5.41) is 5.77. The van der Waals surface area contributed by atoms with Gasteiger partial charge in [-0.2, -0.15) is 0 Å². The fourth-order valence-corrected chi connectivity index (χ4v) is 3.77. The van der Waals surface area contributed by atoms with Crippen LogP contribution in [0.1, 0.15) is 40.9 Å². The third-order valence-corrected chi connectivity index (χ3v) is 5.63. The molecule has 0 spiro atoms. The molecule has 0 heterocycles. The summed E-state index contributed by atoms with van der Waals surface area (Å²) in [4.78, 5) is 24.6. The Labute approximate surface area is 195 Å². The number of methoxy groups -OCH3 is 1. The van der Waals surface area contributed by atoms with E-state index >= 15 is 0 Å². The van der Waals surface area contributed by atoms with E-state index in [1.807, 2.05) is 37.3 Å². The number of nitrogens with one attached hydrogen (secondary N) is 2. The molecule has 1 atom stereocenters. The fourth-order valence-electron chi connectivity index (χ4n) is 3.18. The molecule has 7 heteroatoms. The van der Waals surface area contributed by atoms with Crippen molar-refractivity contribution in [3.05, 3.63) is 93.7 Å². The molecule has 0 radical (unpaired) electrons. The standard InChI is InChI=1S/C25H24BrFN2O3/c1-16(28-24(30)14-4-17-3-13-23(32-2)22(26)15-17)18-7-11-21(12-8-18)29-25(31)19-5-9-20(27)10-6-19/h3,5-13,15-16H,4,14H2,1-2H3,(H,28,30)(H,29,31). The van der Waals surface area contributed by atoms with Crippen LogP contribution in [-0.2, 0) is 11.2 Å². The predicted octanol–water partition coefficient (Wildman–Crippen LogP) is 5.66. The van der Waals surface area contributed by atoms with Gasteiger partial charge in [-0.25, -0.2) is 4.39 Å². The predicted molar refractivity (Wildman–Crippen MR) is 126 cm³/mol. The average molecular weight is 499 g/mol. The van der Waals surface area contributed by atoms with Crippen LogP contribution in [0, 0.1) is 5.82 Å². The molecule has 0 aromatic heterocycles. The zero-order chi connectivity index (χ0) is 23.1. The summed E-state index contributed by atoms with van der Waals surface area (Å²) in [7, 11) is 1.61. The molecule has 0 saturated heterocycles. The maximum absolute atomic E-state index is 13.0. The summed E-state index contributed by atoms with van der Waals surface area (Å²) < 4.78 is 19.1. The third-order valence-electron chi connectivity index (χ3n) is 5.01. The smallest absolute Gasteiger partial charge is 0.255 e. The van der Waals surface area contributed by atoms with E-state index in [1.165, 1.54) is 24.3 Å². The Morgan fingerprint density at radius 2 is 1.72 bits per heavy atom. The maximum Gasteiger partial charge on any atom is 0.255 e. The average Bonchev–Trinajstić information content (AvgIpc) is 2.78. The van der Waals surface area contributed by atoms with Gasteiger partial charge >= 0.3 is 0 Å². The SMILES string of the molecule is COc1ccc(CCC(=O)NC(C)c2ccc(NC(=O)c3ccc(F)cc3)cc2)cc1Br. The van der Waals surface area contributed by atoms with Crippen LogP contribution in [0.25, 0.3) is 0 Å². The topological polar surface area (TPSA) is 67.4 Å². The molecule has 0 aliphatic carbocycles. The Kier molecular flexibility index (Phi) is 8.00. The van der Waals surface area contributed by atoms with Crippen molar-refractivity contribution in [3.63, 3.8) is 0 Å². The molecule has 0 fully saturated rings. The van der Waals surface area contributed by atoms with Crippen molar-refractivity contribution < 1.29 is 18.7 Å². The Hall–Kier alpha value is -3.19. The van der Waals surface area contributed by atoms with Crippen LogP contribution in [0.3, 0.4) is 0 Å². The van der Waals surface area contributed by atoms with Gasteiger partial charge in [0, 0.05) is 17.7 Å². The van der Waals surface area contributed by atoms with E-state index in [9.17, 15) is 14.0 Å². The number of rotatable bonds is 8. The van der Waals surface area contributed by atoms with Gasteiger partial charge in [-0.05, 0) is 88.9 Å². The van der Waals surface area contributed by atoms with Gasteiger partial charge in [0.2, 0.25) is 5.91 Å². The Bertz CT molecular complexity index is 1090. The van der Waals surface area contributed by atoms with Crippen LogP contribution in [0.15, 0.2) is 71.2 Å². The van der Waals surface area contributed by atoms with Crippen LogP contribution in [0.5, 0.6) is 5.75 Å². The largest absolute Gasteiger partial charge is 0.496 e. The summed E-state index contributed by atoms with van der Waals surface area (Å²) in [5.74, 6) is 0.00494.